The molecule has 2 aromatic carbocycles. The van der Waals surface area contributed by atoms with Crippen LogP contribution in [0.1, 0.15) is 63.7 Å². The number of β-amino-alcohol motifs (C(OH)–C–C–N with tert-alkyl or cyclic N) is 1. The molecule has 3 aliphatic rings. The summed E-state index contributed by atoms with van der Waals surface area (Å²) in [6.45, 7) is 11.5. The lowest BCUT2D eigenvalue weighted by Gasteiger charge is -2.55. The molecule has 0 aliphatic carbocycles. The third kappa shape index (κ3) is 7.94. The number of anilines is 1. The molecule has 0 bridgehead atoms. The molecule has 3 N–H and O–H groups in total. The van der Waals surface area contributed by atoms with Crippen LogP contribution in [0.15, 0.2) is 66.0 Å². The molecule has 3 atom stereocenters. The van der Waals surface area contributed by atoms with E-state index in [1.54, 1.807) is 35.4 Å². The number of aliphatic hydroxyl groups is 1. The number of likely N-dealkylation sites (tertiary alicyclic amines) is 1. The van der Waals surface area contributed by atoms with Crippen LogP contribution in [0, 0.1) is 16.0 Å². The van der Waals surface area contributed by atoms with Gasteiger partial charge in [-0.1, -0.05) is 18.2 Å². The largest absolute Gasteiger partial charge is 0.451 e. The Balaban J connectivity index is 1.03. The second-order valence-corrected chi connectivity index (χ2v) is 16.3. The lowest BCUT2D eigenvalue weighted by Crippen LogP contribution is -2.62. The van der Waals surface area contributed by atoms with E-state index in [-0.39, 0.29) is 47.4 Å². The third-order valence-electron chi connectivity index (χ3n) is 9.98. The lowest BCUT2D eigenvalue weighted by molar-refractivity contribution is -0.239. The fourth-order valence-electron chi connectivity index (χ4n) is 7.41. The van der Waals surface area contributed by atoms with E-state index in [9.17, 15) is 18.5 Å². The van der Waals surface area contributed by atoms with Crippen LogP contribution in [0.5, 0.6) is 11.5 Å². The summed E-state index contributed by atoms with van der Waals surface area (Å²) in [6, 6.07) is 12.2. The fourth-order valence-corrected chi connectivity index (χ4v) is 8.74. The Morgan fingerprint density at radius 2 is 1.82 bits per heavy atom. The van der Waals surface area contributed by atoms with E-state index in [4.69, 9.17) is 14.3 Å². The van der Waals surface area contributed by atoms with E-state index in [0.717, 1.165) is 39.0 Å². The number of rotatable bonds is 11. The van der Waals surface area contributed by atoms with Gasteiger partial charge in [0.2, 0.25) is 0 Å². The van der Waals surface area contributed by atoms with Crippen LogP contribution in [-0.2, 0) is 14.7 Å². The van der Waals surface area contributed by atoms with E-state index in [0.29, 0.717) is 35.8 Å². The molecular formula is C36H48FN7O5S. The molecule has 1 amide bonds. The highest BCUT2D eigenvalue weighted by Crippen LogP contribution is 2.45. The Morgan fingerprint density at radius 1 is 1.12 bits per heavy atom. The van der Waals surface area contributed by atoms with Gasteiger partial charge in [0.05, 0.1) is 29.8 Å². The molecule has 0 radical (unpaired) electrons. The standard InChI is InChI=1S/C36H48FN7O5S/c1-25(2)44(26(3)4)34(45)30-18-27(37)10-11-31(30)49-32-19-39-24-40-33(32)43-21-35(22-43)14-16-42(17-15-35)23-36(46)13-12-28(20-48-36)41-50(38,47)29-8-6-5-7-9-29/h5-11,18-19,24-26,28,46H,12-17,20-23H2,1-4H3,(H2,38,41,47)/t28-,36-,50+/m1/s1. The van der Waals surface area contributed by atoms with E-state index in [2.05, 4.69) is 24.5 Å². The van der Waals surface area contributed by atoms with Crippen molar-refractivity contribution in [3.05, 3.63) is 72.4 Å². The zero-order chi connectivity index (χ0) is 35.7. The minimum Gasteiger partial charge on any atom is -0.451 e. The Labute approximate surface area is 294 Å². The molecule has 12 nitrogen and oxygen atoms in total. The number of carbonyl (C=O) groups excluding carboxylic acids is 1. The van der Waals surface area contributed by atoms with Gasteiger partial charge in [0.1, 0.15) is 27.8 Å². The van der Waals surface area contributed by atoms with Crippen LogP contribution < -0.4 is 14.4 Å². The van der Waals surface area contributed by atoms with Gasteiger partial charge in [-0.05, 0) is 90.4 Å². The van der Waals surface area contributed by atoms with Gasteiger partial charge < -0.3 is 24.4 Å². The topological polar surface area (TPSA) is 144 Å². The normalized spacial score (nSPS) is 23.4. The quantitative estimate of drug-likeness (QED) is 0.249. The average molecular weight is 710 g/mol. The molecule has 1 spiro atoms. The first-order chi connectivity index (χ1) is 23.8. The third-order valence-corrected chi connectivity index (χ3v) is 11.6. The molecule has 3 saturated heterocycles. The number of aromatic nitrogens is 2. The molecule has 0 saturated carbocycles. The van der Waals surface area contributed by atoms with E-state index < -0.39 is 21.5 Å². The summed E-state index contributed by atoms with van der Waals surface area (Å²) in [4.78, 5) is 28.8. The van der Waals surface area contributed by atoms with Crippen molar-refractivity contribution >= 4 is 21.6 Å². The summed E-state index contributed by atoms with van der Waals surface area (Å²) < 4.78 is 50.8. The monoisotopic (exact) mass is 709 g/mol. The lowest BCUT2D eigenvalue weighted by atomic mass is 9.72. The SMILES string of the molecule is CC(C)N(C(=O)c1cc(F)ccc1Oc1cncnc1N1CC2(CCN(C[C@@]3(O)CC[C@@H](N[S@](=N)(=O)c4ccccc4)CO3)CC2)C1)C(C)C. The van der Waals surface area contributed by atoms with Gasteiger partial charge in [-0.3, -0.25) is 9.69 Å². The Hall–Kier alpha value is -3.69. The number of hydrogen-bond donors (Lipinski definition) is 3. The average Bonchev–Trinajstić information content (AvgIpc) is 3.06. The number of piperidine rings is 1. The maximum absolute atomic E-state index is 14.4. The van der Waals surface area contributed by atoms with Gasteiger partial charge in [-0.2, -0.15) is 0 Å². The van der Waals surface area contributed by atoms with Gasteiger partial charge >= 0.3 is 0 Å². The highest BCUT2D eigenvalue weighted by molar-refractivity contribution is 7.90. The van der Waals surface area contributed by atoms with Crippen molar-refractivity contribution in [1.82, 2.24) is 24.5 Å². The summed E-state index contributed by atoms with van der Waals surface area (Å²) in [7, 11) is -3.16. The molecule has 50 heavy (non-hydrogen) atoms. The number of ether oxygens (including phenoxy) is 2. The Morgan fingerprint density at radius 3 is 2.46 bits per heavy atom. The number of amides is 1. The highest BCUT2D eigenvalue weighted by Gasteiger charge is 2.47. The van der Waals surface area contributed by atoms with E-state index in [1.165, 1.54) is 24.5 Å². The minimum atomic E-state index is -3.16. The van der Waals surface area contributed by atoms with Crippen LogP contribution in [0.2, 0.25) is 0 Å². The van der Waals surface area contributed by atoms with Crippen LogP contribution in [0.4, 0.5) is 10.2 Å². The maximum Gasteiger partial charge on any atom is 0.258 e. The van der Waals surface area contributed by atoms with Crippen molar-refractivity contribution in [3.63, 3.8) is 0 Å². The van der Waals surface area contributed by atoms with Crippen molar-refractivity contribution in [1.29, 1.82) is 4.78 Å². The number of carbonyl (C=O) groups is 1. The Bertz CT molecular complexity index is 1750. The molecular weight excluding hydrogens is 662 g/mol. The number of halogens is 1. The first-order valence-electron chi connectivity index (χ1n) is 17.3. The molecule has 4 heterocycles. The van der Waals surface area contributed by atoms with E-state index >= 15 is 0 Å². The van der Waals surface area contributed by atoms with E-state index in [1.807, 2.05) is 33.8 Å². The molecule has 270 valence electrons. The summed E-state index contributed by atoms with van der Waals surface area (Å²) in [5.74, 6) is -0.848. The van der Waals surface area contributed by atoms with Crippen LogP contribution in [0.25, 0.3) is 0 Å². The molecule has 0 unspecified atom stereocenters. The van der Waals surface area contributed by atoms with Gasteiger partial charge in [-0.25, -0.2) is 28.1 Å². The molecule has 3 aliphatic heterocycles. The molecule has 1 aromatic heterocycles. The van der Waals surface area contributed by atoms with Crippen molar-refractivity contribution in [2.75, 3.05) is 44.2 Å². The number of nitrogens with zero attached hydrogens (tertiary/aromatic N) is 5. The second-order valence-electron chi connectivity index (χ2n) is 14.5. The molecule has 14 heteroatoms. The minimum absolute atomic E-state index is 0.0820. The van der Waals surface area contributed by atoms with Crippen LogP contribution in [0.3, 0.4) is 0 Å². The second kappa shape index (κ2) is 14.5. The number of nitrogens with one attached hydrogen (secondary N) is 2. The Kier molecular flexibility index (Phi) is 10.5. The number of hydrogen-bond acceptors (Lipinski definition) is 10. The maximum atomic E-state index is 14.4. The van der Waals surface area contributed by atoms with Crippen molar-refractivity contribution in [2.24, 2.45) is 5.41 Å². The predicted molar refractivity (Wildman–Crippen MR) is 188 cm³/mol. The fraction of sp³-hybridized carbons (Fsp3) is 0.528. The smallest absolute Gasteiger partial charge is 0.258 e. The van der Waals surface area contributed by atoms with Gasteiger partial charge in [0, 0.05) is 43.1 Å². The van der Waals surface area contributed by atoms with Crippen molar-refractivity contribution < 1.29 is 28.0 Å². The van der Waals surface area contributed by atoms with Crippen molar-refractivity contribution in [2.45, 2.75) is 82.2 Å². The zero-order valence-electron chi connectivity index (χ0n) is 29.2. The van der Waals surface area contributed by atoms with Crippen LogP contribution >= 0.6 is 0 Å². The van der Waals surface area contributed by atoms with Gasteiger partial charge in [-0.15, -0.1) is 0 Å². The van der Waals surface area contributed by atoms with Gasteiger partial charge in [0.15, 0.2) is 17.4 Å². The predicted octanol–water partition coefficient (Wildman–Crippen LogP) is 5.05. The molecule has 3 aromatic rings. The molecule has 6 rings (SSSR count). The first kappa shape index (κ1) is 36.1. The summed E-state index contributed by atoms with van der Waals surface area (Å²) in [5, 5.41) is 11.3. The summed E-state index contributed by atoms with van der Waals surface area (Å²) >= 11 is 0. The summed E-state index contributed by atoms with van der Waals surface area (Å²) in [6.07, 6.45) is 5.87. The van der Waals surface area contributed by atoms with Crippen LogP contribution in [-0.4, -0.2) is 98.2 Å². The highest BCUT2D eigenvalue weighted by atomic mass is 32.2. The molecule has 3 fully saturated rings. The van der Waals surface area contributed by atoms with Crippen molar-refractivity contribution in [3.8, 4) is 11.5 Å². The summed E-state index contributed by atoms with van der Waals surface area (Å²) in [5.41, 5.74) is 0.245. The van der Waals surface area contributed by atoms with Gasteiger partial charge in [0.25, 0.3) is 5.91 Å². The first-order valence-corrected chi connectivity index (χ1v) is 18.9. The number of benzene rings is 2. The zero-order valence-corrected chi connectivity index (χ0v) is 30.0.